The topological polar surface area (TPSA) is 52.6 Å². The zero-order valence-corrected chi connectivity index (χ0v) is 10.6. The van der Waals surface area contributed by atoms with Gasteiger partial charge in [-0.3, -0.25) is 4.79 Å². The van der Waals surface area contributed by atoms with E-state index in [1.807, 2.05) is 4.90 Å². The quantitative estimate of drug-likeness (QED) is 0.741. The fraction of sp³-hybridized carbons (Fsp3) is 0.917. The van der Waals surface area contributed by atoms with Crippen LogP contribution in [0.4, 0.5) is 0 Å². The summed E-state index contributed by atoms with van der Waals surface area (Å²) in [4.78, 5) is 13.7. The van der Waals surface area contributed by atoms with Crippen LogP contribution in [0.2, 0.25) is 0 Å². The number of carbonyl (C=O) groups is 1. The van der Waals surface area contributed by atoms with E-state index in [0.717, 1.165) is 26.1 Å². The van der Waals surface area contributed by atoms with Crippen molar-refractivity contribution in [3.05, 3.63) is 0 Å². The largest absolute Gasteiger partial charge is 0.396 e. The van der Waals surface area contributed by atoms with E-state index in [4.69, 9.17) is 5.11 Å². The molecule has 1 atom stereocenters. The lowest BCUT2D eigenvalue weighted by molar-refractivity contribution is -0.130. The van der Waals surface area contributed by atoms with E-state index >= 15 is 0 Å². The van der Waals surface area contributed by atoms with Gasteiger partial charge in [0.05, 0.1) is 0 Å². The Morgan fingerprint density at radius 3 is 2.69 bits per heavy atom. The summed E-state index contributed by atoms with van der Waals surface area (Å²) < 4.78 is 0. The number of hydrogen-bond acceptors (Lipinski definition) is 3. The average molecular weight is 228 g/mol. The van der Waals surface area contributed by atoms with Crippen LogP contribution in [-0.2, 0) is 4.79 Å². The van der Waals surface area contributed by atoms with E-state index in [2.05, 4.69) is 26.1 Å². The Morgan fingerprint density at radius 1 is 1.50 bits per heavy atom. The summed E-state index contributed by atoms with van der Waals surface area (Å²) in [6.07, 6.45) is 1.49. The Bertz CT molecular complexity index is 236. The molecule has 94 valence electrons. The van der Waals surface area contributed by atoms with Gasteiger partial charge in [-0.15, -0.1) is 0 Å². The Hall–Kier alpha value is -0.610. The van der Waals surface area contributed by atoms with Crippen molar-refractivity contribution in [3.63, 3.8) is 0 Å². The molecule has 0 radical (unpaired) electrons. The maximum absolute atomic E-state index is 11.8. The lowest BCUT2D eigenvalue weighted by Crippen LogP contribution is -2.39. The third-order valence-electron chi connectivity index (χ3n) is 2.89. The van der Waals surface area contributed by atoms with E-state index in [-0.39, 0.29) is 18.1 Å². The molecular formula is C12H24N2O2. The summed E-state index contributed by atoms with van der Waals surface area (Å²) in [5.74, 6) is 0.493. The second-order valence-corrected chi connectivity index (χ2v) is 5.60. The number of nitrogens with zero attached hydrogens (tertiary/aromatic N) is 1. The number of nitrogens with one attached hydrogen (secondary N) is 1. The molecule has 1 aliphatic rings. The van der Waals surface area contributed by atoms with Crippen molar-refractivity contribution >= 4 is 5.91 Å². The number of aliphatic hydroxyl groups excluding tert-OH is 1. The molecule has 4 heteroatoms. The molecule has 0 aromatic rings. The van der Waals surface area contributed by atoms with Crippen molar-refractivity contribution in [1.82, 2.24) is 10.2 Å². The molecule has 1 rings (SSSR count). The summed E-state index contributed by atoms with van der Waals surface area (Å²) in [5.41, 5.74) is 0.0684. The molecule has 1 unspecified atom stereocenters. The molecule has 0 spiro atoms. The first-order valence-corrected chi connectivity index (χ1v) is 6.06. The van der Waals surface area contributed by atoms with E-state index in [9.17, 15) is 4.79 Å². The predicted molar refractivity (Wildman–Crippen MR) is 64.1 cm³/mol. The van der Waals surface area contributed by atoms with Crippen molar-refractivity contribution < 1.29 is 9.90 Å². The summed E-state index contributed by atoms with van der Waals surface area (Å²) in [7, 11) is 0. The van der Waals surface area contributed by atoms with Crippen molar-refractivity contribution in [2.24, 2.45) is 5.92 Å². The van der Waals surface area contributed by atoms with Gasteiger partial charge in [0, 0.05) is 44.1 Å². The lowest BCUT2D eigenvalue weighted by Gasteiger charge is -2.22. The molecule has 4 nitrogen and oxygen atoms in total. The highest BCUT2D eigenvalue weighted by Crippen LogP contribution is 2.16. The fourth-order valence-corrected chi connectivity index (χ4v) is 1.91. The van der Waals surface area contributed by atoms with Crippen LogP contribution in [-0.4, -0.2) is 47.7 Å². The molecule has 0 aliphatic carbocycles. The summed E-state index contributed by atoms with van der Waals surface area (Å²) in [5, 5.41) is 12.3. The van der Waals surface area contributed by atoms with Gasteiger partial charge in [0.2, 0.25) is 5.91 Å². The fourth-order valence-electron chi connectivity index (χ4n) is 1.91. The van der Waals surface area contributed by atoms with Crippen LogP contribution in [0.25, 0.3) is 0 Å². The number of rotatable bonds is 4. The molecule has 0 aromatic carbocycles. The zero-order chi connectivity index (χ0) is 12.2. The van der Waals surface area contributed by atoms with Gasteiger partial charge in [-0.25, -0.2) is 0 Å². The molecule has 0 aromatic heterocycles. The van der Waals surface area contributed by atoms with E-state index in [1.54, 1.807) is 0 Å². The van der Waals surface area contributed by atoms with Gasteiger partial charge in [-0.05, 0) is 27.2 Å². The minimum Gasteiger partial charge on any atom is -0.396 e. The Labute approximate surface area is 98.0 Å². The molecule has 1 heterocycles. The van der Waals surface area contributed by atoms with Crippen LogP contribution in [0.5, 0.6) is 0 Å². The summed E-state index contributed by atoms with van der Waals surface area (Å²) in [6.45, 7) is 8.73. The molecule has 1 amide bonds. The molecule has 0 bridgehead atoms. The highest BCUT2D eigenvalue weighted by Gasteiger charge is 2.25. The number of amides is 1. The van der Waals surface area contributed by atoms with E-state index < -0.39 is 0 Å². The van der Waals surface area contributed by atoms with Gasteiger partial charge in [0.1, 0.15) is 0 Å². The van der Waals surface area contributed by atoms with Crippen LogP contribution >= 0.6 is 0 Å². The second-order valence-electron chi connectivity index (χ2n) is 5.60. The third kappa shape index (κ3) is 4.49. The Morgan fingerprint density at radius 2 is 2.19 bits per heavy atom. The molecule has 1 saturated heterocycles. The van der Waals surface area contributed by atoms with Crippen LogP contribution < -0.4 is 5.32 Å². The molecule has 1 fully saturated rings. The average Bonchev–Trinajstić information content (AvgIpc) is 2.63. The number of hydrogen-bond donors (Lipinski definition) is 2. The first-order valence-electron chi connectivity index (χ1n) is 6.06. The molecular weight excluding hydrogens is 204 g/mol. The zero-order valence-electron chi connectivity index (χ0n) is 10.6. The monoisotopic (exact) mass is 228 g/mol. The van der Waals surface area contributed by atoms with Crippen molar-refractivity contribution in [1.29, 1.82) is 0 Å². The lowest BCUT2D eigenvalue weighted by atomic mass is 10.1. The summed E-state index contributed by atoms with van der Waals surface area (Å²) >= 11 is 0. The summed E-state index contributed by atoms with van der Waals surface area (Å²) in [6, 6.07) is 0. The highest BCUT2D eigenvalue weighted by molar-refractivity contribution is 5.76. The van der Waals surface area contributed by atoms with Crippen LogP contribution in [0, 0.1) is 5.92 Å². The number of aliphatic hydroxyl groups is 1. The predicted octanol–water partition coefficient (Wildman–Crippen LogP) is 0.605. The van der Waals surface area contributed by atoms with Crippen LogP contribution in [0.3, 0.4) is 0 Å². The first-order chi connectivity index (χ1) is 7.42. The standard InChI is InChI=1S/C12H24N2O2/c1-12(2,3)13-6-4-11(16)14-7-5-10(8-14)9-15/h10,13,15H,4-9H2,1-3H3. The SMILES string of the molecule is CC(C)(C)NCCC(=O)N1CCC(CO)C1. The van der Waals surface area contributed by atoms with Crippen molar-refractivity contribution in [2.45, 2.75) is 39.2 Å². The third-order valence-corrected chi connectivity index (χ3v) is 2.89. The Balaban J connectivity index is 2.21. The van der Waals surface area contributed by atoms with Gasteiger partial charge >= 0.3 is 0 Å². The first kappa shape index (κ1) is 13.5. The maximum atomic E-state index is 11.8. The smallest absolute Gasteiger partial charge is 0.223 e. The van der Waals surface area contributed by atoms with E-state index in [0.29, 0.717) is 12.3 Å². The van der Waals surface area contributed by atoms with Gasteiger partial charge in [0.15, 0.2) is 0 Å². The minimum absolute atomic E-state index is 0.0684. The molecule has 2 N–H and O–H groups in total. The molecule has 16 heavy (non-hydrogen) atoms. The Kier molecular flexibility index (Phi) is 4.74. The van der Waals surface area contributed by atoms with Gasteiger partial charge in [-0.1, -0.05) is 0 Å². The van der Waals surface area contributed by atoms with Crippen LogP contribution in [0.15, 0.2) is 0 Å². The maximum Gasteiger partial charge on any atom is 0.223 e. The van der Waals surface area contributed by atoms with Crippen molar-refractivity contribution in [2.75, 3.05) is 26.2 Å². The second kappa shape index (κ2) is 5.64. The van der Waals surface area contributed by atoms with Crippen LogP contribution in [0.1, 0.15) is 33.6 Å². The minimum atomic E-state index is 0.0684. The normalized spacial score (nSPS) is 21.5. The van der Waals surface area contributed by atoms with Gasteiger partial charge in [0.25, 0.3) is 0 Å². The van der Waals surface area contributed by atoms with Gasteiger partial charge in [-0.2, -0.15) is 0 Å². The highest BCUT2D eigenvalue weighted by atomic mass is 16.3. The van der Waals surface area contributed by atoms with E-state index in [1.165, 1.54) is 0 Å². The number of carbonyl (C=O) groups excluding carboxylic acids is 1. The van der Waals surface area contributed by atoms with Crippen molar-refractivity contribution in [3.8, 4) is 0 Å². The molecule has 1 aliphatic heterocycles. The van der Waals surface area contributed by atoms with Gasteiger partial charge < -0.3 is 15.3 Å². The number of likely N-dealkylation sites (tertiary alicyclic amines) is 1. The molecule has 0 saturated carbocycles.